The Hall–Kier alpha value is -2.37. The van der Waals surface area contributed by atoms with E-state index in [-0.39, 0.29) is 11.8 Å². The SMILES string of the molecule is O=C(NCCNc1ccc(-n2cccc2)nn1)C1CC1. The molecule has 2 N–H and O–H groups in total. The Bertz CT molecular complexity index is 560. The Balaban J connectivity index is 1.45. The molecule has 1 fully saturated rings. The maximum atomic E-state index is 11.4. The highest BCUT2D eigenvalue weighted by atomic mass is 16.2. The van der Waals surface area contributed by atoms with Crippen LogP contribution in [0.5, 0.6) is 0 Å². The molecule has 6 nitrogen and oxygen atoms in total. The average Bonchev–Trinajstić information content (AvgIpc) is 3.19. The highest BCUT2D eigenvalue weighted by Gasteiger charge is 2.28. The molecule has 0 aromatic carbocycles. The second-order valence-electron chi connectivity index (χ2n) is 4.86. The summed E-state index contributed by atoms with van der Waals surface area (Å²) in [6.07, 6.45) is 5.91. The standard InChI is InChI=1S/C14H17N5O/c20-14(11-3-4-11)16-8-7-15-12-5-6-13(18-17-12)19-9-1-2-10-19/h1-2,5-6,9-11H,3-4,7-8H2,(H,15,17)(H,16,20). The van der Waals surface area contributed by atoms with E-state index in [0.29, 0.717) is 18.9 Å². The van der Waals surface area contributed by atoms with Gasteiger partial charge in [-0.3, -0.25) is 4.79 Å². The maximum absolute atomic E-state index is 11.4. The second-order valence-corrected chi connectivity index (χ2v) is 4.86. The lowest BCUT2D eigenvalue weighted by Gasteiger charge is -2.07. The van der Waals surface area contributed by atoms with Crippen LogP contribution in [0.4, 0.5) is 5.82 Å². The van der Waals surface area contributed by atoms with Gasteiger partial charge in [0.1, 0.15) is 5.82 Å². The summed E-state index contributed by atoms with van der Waals surface area (Å²) in [7, 11) is 0. The molecule has 0 atom stereocenters. The molecule has 1 aliphatic carbocycles. The summed E-state index contributed by atoms with van der Waals surface area (Å²) in [6, 6.07) is 7.66. The Morgan fingerprint density at radius 2 is 2.00 bits per heavy atom. The molecule has 0 saturated heterocycles. The monoisotopic (exact) mass is 271 g/mol. The van der Waals surface area contributed by atoms with E-state index >= 15 is 0 Å². The molecule has 0 unspecified atom stereocenters. The van der Waals surface area contributed by atoms with E-state index in [1.54, 1.807) is 0 Å². The molecule has 2 aromatic rings. The lowest BCUT2D eigenvalue weighted by atomic mass is 10.4. The van der Waals surface area contributed by atoms with Gasteiger partial charge >= 0.3 is 0 Å². The van der Waals surface area contributed by atoms with Gasteiger partial charge in [-0.2, -0.15) is 0 Å². The van der Waals surface area contributed by atoms with E-state index in [1.807, 2.05) is 41.2 Å². The predicted octanol–water partition coefficient (Wildman–Crippen LogP) is 1.21. The van der Waals surface area contributed by atoms with Crippen LogP contribution in [0, 0.1) is 5.92 Å². The van der Waals surface area contributed by atoms with E-state index in [1.165, 1.54) is 0 Å². The van der Waals surface area contributed by atoms with E-state index in [9.17, 15) is 4.79 Å². The van der Waals surface area contributed by atoms with Crippen molar-refractivity contribution in [1.82, 2.24) is 20.1 Å². The van der Waals surface area contributed by atoms with Crippen LogP contribution < -0.4 is 10.6 Å². The number of nitrogens with one attached hydrogen (secondary N) is 2. The van der Waals surface area contributed by atoms with Crippen LogP contribution in [0.25, 0.3) is 5.82 Å². The molecular formula is C14H17N5O. The molecule has 3 rings (SSSR count). The summed E-state index contributed by atoms with van der Waals surface area (Å²) >= 11 is 0. The first-order valence-corrected chi connectivity index (χ1v) is 6.81. The summed E-state index contributed by atoms with van der Waals surface area (Å²) in [5, 5.41) is 14.3. The van der Waals surface area contributed by atoms with Crippen molar-refractivity contribution in [3.05, 3.63) is 36.7 Å². The number of rotatable bonds is 6. The van der Waals surface area contributed by atoms with Crippen LogP contribution in [-0.4, -0.2) is 33.8 Å². The maximum Gasteiger partial charge on any atom is 0.223 e. The van der Waals surface area contributed by atoms with E-state index in [0.717, 1.165) is 18.7 Å². The van der Waals surface area contributed by atoms with Gasteiger partial charge in [0, 0.05) is 31.4 Å². The number of carbonyl (C=O) groups is 1. The fourth-order valence-electron chi connectivity index (χ4n) is 1.91. The van der Waals surface area contributed by atoms with Crippen LogP contribution in [0.3, 0.4) is 0 Å². The summed E-state index contributed by atoms with van der Waals surface area (Å²) < 4.78 is 1.90. The summed E-state index contributed by atoms with van der Waals surface area (Å²) in [5.74, 6) is 1.92. The quantitative estimate of drug-likeness (QED) is 0.775. The van der Waals surface area contributed by atoms with Gasteiger partial charge in [0.2, 0.25) is 5.91 Å². The first-order valence-electron chi connectivity index (χ1n) is 6.81. The first kappa shape index (κ1) is 12.7. The number of hydrogen-bond acceptors (Lipinski definition) is 4. The minimum absolute atomic E-state index is 0.167. The Morgan fingerprint density at radius 3 is 2.65 bits per heavy atom. The van der Waals surface area contributed by atoms with Gasteiger partial charge in [0.25, 0.3) is 0 Å². The van der Waals surface area contributed by atoms with Gasteiger partial charge < -0.3 is 15.2 Å². The number of hydrogen-bond donors (Lipinski definition) is 2. The number of amides is 1. The molecule has 0 radical (unpaired) electrons. The third-order valence-electron chi connectivity index (χ3n) is 3.20. The predicted molar refractivity (Wildman–Crippen MR) is 75.6 cm³/mol. The van der Waals surface area contributed by atoms with Crippen molar-refractivity contribution in [3.8, 4) is 5.82 Å². The Morgan fingerprint density at radius 1 is 1.20 bits per heavy atom. The van der Waals surface area contributed by atoms with Crippen molar-refractivity contribution in [2.24, 2.45) is 5.92 Å². The Kier molecular flexibility index (Phi) is 3.62. The van der Waals surface area contributed by atoms with Gasteiger partial charge in [-0.15, -0.1) is 10.2 Å². The number of carbonyl (C=O) groups excluding carboxylic acids is 1. The lowest BCUT2D eigenvalue weighted by Crippen LogP contribution is -2.29. The van der Waals surface area contributed by atoms with Crippen LogP contribution in [0.15, 0.2) is 36.7 Å². The Labute approximate surface area is 117 Å². The largest absolute Gasteiger partial charge is 0.367 e. The molecular weight excluding hydrogens is 254 g/mol. The zero-order valence-electron chi connectivity index (χ0n) is 11.1. The molecule has 1 saturated carbocycles. The fraction of sp³-hybridized carbons (Fsp3) is 0.357. The fourth-order valence-corrected chi connectivity index (χ4v) is 1.91. The molecule has 20 heavy (non-hydrogen) atoms. The van der Waals surface area contributed by atoms with Crippen LogP contribution in [0.2, 0.25) is 0 Å². The van der Waals surface area contributed by atoms with Crippen LogP contribution in [0.1, 0.15) is 12.8 Å². The van der Waals surface area contributed by atoms with Crippen molar-refractivity contribution < 1.29 is 4.79 Å². The topological polar surface area (TPSA) is 71.8 Å². The van der Waals surface area contributed by atoms with Crippen molar-refractivity contribution >= 4 is 11.7 Å². The van der Waals surface area contributed by atoms with Gasteiger partial charge in [-0.25, -0.2) is 0 Å². The second kappa shape index (κ2) is 5.73. The molecule has 1 aliphatic rings. The summed E-state index contributed by atoms with van der Waals surface area (Å²) in [5.41, 5.74) is 0. The molecule has 6 heteroatoms. The van der Waals surface area contributed by atoms with Crippen LogP contribution >= 0.6 is 0 Å². The number of anilines is 1. The highest BCUT2D eigenvalue weighted by molar-refractivity contribution is 5.80. The van der Waals surface area contributed by atoms with Gasteiger partial charge in [-0.05, 0) is 37.1 Å². The molecule has 0 bridgehead atoms. The lowest BCUT2D eigenvalue weighted by molar-refractivity contribution is -0.122. The van der Waals surface area contributed by atoms with Crippen molar-refractivity contribution in [3.63, 3.8) is 0 Å². The molecule has 0 aliphatic heterocycles. The molecule has 104 valence electrons. The zero-order chi connectivity index (χ0) is 13.8. The molecule has 0 spiro atoms. The third-order valence-corrected chi connectivity index (χ3v) is 3.20. The molecule has 1 amide bonds. The van der Waals surface area contributed by atoms with Crippen molar-refractivity contribution in [2.75, 3.05) is 18.4 Å². The summed E-state index contributed by atoms with van der Waals surface area (Å²) in [6.45, 7) is 1.26. The van der Waals surface area contributed by atoms with Gasteiger partial charge in [0.15, 0.2) is 5.82 Å². The minimum atomic E-state index is 0.167. The van der Waals surface area contributed by atoms with Crippen molar-refractivity contribution in [1.29, 1.82) is 0 Å². The normalized spacial score (nSPS) is 14.0. The van der Waals surface area contributed by atoms with Gasteiger partial charge in [-0.1, -0.05) is 0 Å². The number of aromatic nitrogens is 3. The van der Waals surface area contributed by atoms with E-state index in [4.69, 9.17) is 0 Å². The smallest absolute Gasteiger partial charge is 0.223 e. The van der Waals surface area contributed by atoms with Gasteiger partial charge in [0.05, 0.1) is 0 Å². The molecule has 2 heterocycles. The third kappa shape index (κ3) is 3.14. The average molecular weight is 271 g/mol. The number of nitrogens with zero attached hydrogens (tertiary/aromatic N) is 3. The van der Waals surface area contributed by atoms with E-state index in [2.05, 4.69) is 20.8 Å². The van der Waals surface area contributed by atoms with E-state index < -0.39 is 0 Å². The van der Waals surface area contributed by atoms with Crippen LogP contribution in [-0.2, 0) is 4.79 Å². The van der Waals surface area contributed by atoms with Crippen molar-refractivity contribution in [2.45, 2.75) is 12.8 Å². The molecule has 2 aromatic heterocycles. The zero-order valence-corrected chi connectivity index (χ0v) is 11.1. The minimum Gasteiger partial charge on any atom is -0.367 e. The highest BCUT2D eigenvalue weighted by Crippen LogP contribution is 2.28. The first-order chi connectivity index (χ1) is 9.83. The summed E-state index contributed by atoms with van der Waals surface area (Å²) in [4.78, 5) is 11.4.